The Morgan fingerprint density at radius 2 is 1.90 bits per heavy atom. The van der Waals surface area contributed by atoms with Crippen LogP contribution in [0, 0.1) is 0 Å². The largest absolute Gasteiger partial charge is 0.345 e. The molecule has 2 aromatic carbocycles. The Labute approximate surface area is 178 Å². The number of nitrogens with one attached hydrogen (secondary N) is 2. The summed E-state index contributed by atoms with van der Waals surface area (Å²) >= 11 is 0. The van der Waals surface area contributed by atoms with Crippen molar-refractivity contribution >= 4 is 38.4 Å². The van der Waals surface area contributed by atoms with Crippen LogP contribution in [0.2, 0.25) is 0 Å². The second-order valence-electron chi connectivity index (χ2n) is 7.34. The number of benzene rings is 2. The third-order valence-electron chi connectivity index (χ3n) is 5.36. The minimum atomic E-state index is -2.85. The summed E-state index contributed by atoms with van der Waals surface area (Å²) in [6.45, 7) is 0.548. The molecule has 0 aliphatic heterocycles. The number of hydrogen-bond acceptors (Lipinski definition) is 4. The fourth-order valence-electron chi connectivity index (χ4n) is 4.00. The fraction of sp³-hybridized carbons (Fsp3) is 0.0909. The van der Waals surface area contributed by atoms with Crippen LogP contribution in [0.4, 0.5) is 5.69 Å². The molecule has 8 nitrogen and oxygen atoms in total. The van der Waals surface area contributed by atoms with Gasteiger partial charge in [-0.25, -0.2) is 8.42 Å². The van der Waals surface area contributed by atoms with E-state index in [0.717, 1.165) is 27.6 Å². The van der Waals surface area contributed by atoms with Gasteiger partial charge in [-0.1, -0.05) is 30.3 Å². The van der Waals surface area contributed by atoms with Crippen LogP contribution in [0.5, 0.6) is 0 Å². The zero-order valence-corrected chi connectivity index (χ0v) is 17.5. The van der Waals surface area contributed by atoms with Crippen molar-refractivity contribution in [1.29, 1.82) is 0 Å². The van der Waals surface area contributed by atoms with Gasteiger partial charge < -0.3 is 9.55 Å². The van der Waals surface area contributed by atoms with Gasteiger partial charge in [-0.2, -0.15) is 5.10 Å². The maximum Gasteiger partial charge on any atom is 0.272 e. The van der Waals surface area contributed by atoms with Gasteiger partial charge in [0.05, 0.1) is 23.9 Å². The molecule has 0 bridgehead atoms. The zero-order chi connectivity index (χ0) is 21.5. The predicted octanol–water partition coefficient (Wildman–Crippen LogP) is 2.87. The molecule has 31 heavy (non-hydrogen) atoms. The minimum Gasteiger partial charge on any atom is -0.345 e. The molecular formula is C22H19N5O3S. The van der Waals surface area contributed by atoms with Crippen molar-refractivity contribution in [2.75, 3.05) is 4.72 Å². The minimum absolute atomic E-state index is 0.178. The summed E-state index contributed by atoms with van der Waals surface area (Å²) in [7, 11) is -1.04. The van der Waals surface area contributed by atoms with Crippen LogP contribution >= 0.6 is 0 Å². The highest BCUT2D eigenvalue weighted by Crippen LogP contribution is 2.35. The summed E-state index contributed by atoms with van der Waals surface area (Å²) in [5, 5.41) is 5.99. The normalized spacial score (nSPS) is 11.5. The molecule has 0 aliphatic rings. The van der Waals surface area contributed by atoms with Gasteiger partial charge in [0.15, 0.2) is 0 Å². The molecule has 9 heteroatoms. The summed E-state index contributed by atoms with van der Waals surface area (Å²) in [5.41, 5.74) is 4.33. The number of aromatic amines is 1. The van der Waals surface area contributed by atoms with Gasteiger partial charge in [0.25, 0.3) is 5.56 Å². The molecule has 0 saturated heterocycles. The third kappa shape index (κ3) is 3.38. The Kier molecular flexibility index (Phi) is 4.59. The lowest BCUT2D eigenvalue weighted by atomic mass is 10.0. The van der Waals surface area contributed by atoms with Gasteiger partial charge in [-0.15, -0.1) is 0 Å². The van der Waals surface area contributed by atoms with Gasteiger partial charge in [0, 0.05) is 35.8 Å². The summed E-state index contributed by atoms with van der Waals surface area (Å²) in [6, 6.07) is 15.5. The first-order chi connectivity index (χ1) is 15.0. The summed E-state index contributed by atoms with van der Waals surface area (Å²) in [6.07, 6.45) is 5.15. The molecule has 0 amide bonds. The molecule has 3 aromatic heterocycles. The lowest BCUT2D eigenvalue weighted by Crippen LogP contribution is -2.07. The molecular weight excluding hydrogens is 414 g/mol. The second kappa shape index (κ2) is 7.44. The van der Waals surface area contributed by atoms with Crippen molar-refractivity contribution < 1.29 is 8.42 Å². The Morgan fingerprint density at radius 3 is 2.68 bits per heavy atom. The average molecular weight is 433 g/mol. The molecule has 0 saturated carbocycles. The van der Waals surface area contributed by atoms with E-state index < -0.39 is 10.9 Å². The number of pyridine rings is 1. The standard InChI is InChI=1S/C22H19N5O3S/c1-26-13-18(16-7-8-23-22(28)21(16)26)15-9-19(25-31(29)30)17-11-24-27(20(17)10-15)12-14-5-3-2-4-6-14/h2-11,13,31H,12H2,1H3,(H,23,28)(H,25,29,30). The first kappa shape index (κ1) is 19.1. The van der Waals surface area contributed by atoms with Crippen LogP contribution in [0.25, 0.3) is 32.9 Å². The topological polar surface area (TPSA) is 102 Å². The number of fused-ring (bicyclic) bond motifs is 2. The molecule has 5 rings (SSSR count). The maximum absolute atomic E-state index is 12.3. The van der Waals surface area contributed by atoms with Crippen molar-refractivity contribution in [3.63, 3.8) is 0 Å². The van der Waals surface area contributed by atoms with Crippen molar-refractivity contribution in [3.05, 3.63) is 83.0 Å². The van der Waals surface area contributed by atoms with Gasteiger partial charge in [0.2, 0.25) is 10.9 Å². The number of H-pyrrole nitrogens is 1. The first-order valence-corrected chi connectivity index (χ1v) is 10.8. The monoisotopic (exact) mass is 433 g/mol. The number of anilines is 1. The molecule has 0 fully saturated rings. The van der Waals surface area contributed by atoms with E-state index >= 15 is 0 Å². The molecule has 2 N–H and O–H groups in total. The van der Waals surface area contributed by atoms with E-state index in [2.05, 4.69) is 14.8 Å². The van der Waals surface area contributed by atoms with Crippen molar-refractivity contribution in [2.24, 2.45) is 7.05 Å². The van der Waals surface area contributed by atoms with E-state index in [9.17, 15) is 13.2 Å². The molecule has 5 aromatic rings. The van der Waals surface area contributed by atoms with E-state index in [1.807, 2.05) is 60.4 Å². The van der Waals surface area contributed by atoms with Gasteiger partial charge in [-0.05, 0) is 29.3 Å². The van der Waals surface area contributed by atoms with E-state index in [4.69, 9.17) is 0 Å². The number of nitrogens with zero attached hydrogens (tertiary/aromatic N) is 3. The first-order valence-electron chi connectivity index (χ1n) is 9.63. The van der Waals surface area contributed by atoms with Crippen LogP contribution < -0.4 is 10.3 Å². The highest BCUT2D eigenvalue weighted by Gasteiger charge is 2.16. The van der Waals surface area contributed by atoms with Gasteiger partial charge in [-0.3, -0.25) is 14.2 Å². The smallest absolute Gasteiger partial charge is 0.272 e. The quantitative estimate of drug-likeness (QED) is 0.371. The highest BCUT2D eigenvalue weighted by atomic mass is 32.2. The SMILES string of the molecule is Cn1cc(-c2cc(N[SH](=O)=O)c3cnn(Cc4ccccc4)c3c2)c2cc[nH]c(=O)c21. The summed E-state index contributed by atoms with van der Waals surface area (Å²) in [4.78, 5) is 15.0. The summed E-state index contributed by atoms with van der Waals surface area (Å²) < 4.78 is 29.1. The van der Waals surface area contributed by atoms with Crippen LogP contribution in [0.3, 0.4) is 0 Å². The van der Waals surface area contributed by atoms with Crippen molar-refractivity contribution in [3.8, 4) is 11.1 Å². The lowest BCUT2D eigenvalue weighted by molar-refractivity contribution is 0.619. The van der Waals surface area contributed by atoms with Crippen molar-refractivity contribution in [2.45, 2.75) is 6.54 Å². The van der Waals surface area contributed by atoms with Gasteiger partial charge >= 0.3 is 0 Å². The second-order valence-corrected chi connectivity index (χ2v) is 8.07. The fourth-order valence-corrected chi connectivity index (χ4v) is 4.38. The third-order valence-corrected chi connectivity index (χ3v) is 5.78. The van der Waals surface area contributed by atoms with Gasteiger partial charge in [0.1, 0.15) is 5.52 Å². The van der Waals surface area contributed by atoms with E-state index in [0.29, 0.717) is 23.1 Å². The molecule has 0 radical (unpaired) electrons. The lowest BCUT2D eigenvalue weighted by Gasteiger charge is -2.09. The number of rotatable bonds is 5. The van der Waals surface area contributed by atoms with E-state index in [1.54, 1.807) is 23.0 Å². The molecule has 0 atom stereocenters. The molecule has 0 aliphatic carbocycles. The van der Waals surface area contributed by atoms with E-state index in [1.165, 1.54) is 0 Å². The van der Waals surface area contributed by atoms with Crippen LogP contribution in [0.1, 0.15) is 5.56 Å². The molecule has 156 valence electrons. The van der Waals surface area contributed by atoms with Crippen LogP contribution in [-0.4, -0.2) is 27.7 Å². The number of thiol groups is 1. The number of aromatic nitrogens is 4. The highest BCUT2D eigenvalue weighted by molar-refractivity contribution is 7.73. The zero-order valence-electron chi connectivity index (χ0n) is 16.6. The van der Waals surface area contributed by atoms with E-state index in [-0.39, 0.29) is 5.56 Å². The Balaban J connectivity index is 1.75. The maximum atomic E-state index is 12.3. The predicted molar refractivity (Wildman–Crippen MR) is 122 cm³/mol. The molecule has 3 heterocycles. The number of hydrogen-bond donors (Lipinski definition) is 3. The van der Waals surface area contributed by atoms with Crippen LogP contribution in [-0.2, 0) is 24.5 Å². The Bertz CT molecular complexity index is 1550. The Morgan fingerprint density at radius 1 is 1.10 bits per heavy atom. The molecule has 0 unspecified atom stereocenters. The summed E-state index contributed by atoms with van der Waals surface area (Å²) in [5.74, 6) is 0. The number of aryl methyl sites for hydroxylation is 1. The average Bonchev–Trinajstić information content (AvgIpc) is 3.30. The van der Waals surface area contributed by atoms with Crippen molar-refractivity contribution in [1.82, 2.24) is 19.3 Å². The van der Waals surface area contributed by atoms with Crippen LogP contribution in [0.15, 0.2) is 71.9 Å². The molecule has 0 spiro atoms. The Hall–Kier alpha value is -3.85.